The summed E-state index contributed by atoms with van der Waals surface area (Å²) in [6, 6.07) is 8.62. The van der Waals surface area contributed by atoms with Gasteiger partial charge in [0.2, 0.25) is 5.91 Å². The molecule has 0 bridgehead atoms. The van der Waals surface area contributed by atoms with Crippen LogP contribution in [0.1, 0.15) is 44.6 Å². The number of aryl methyl sites for hydroxylation is 1. The van der Waals surface area contributed by atoms with E-state index in [1.807, 2.05) is 12.1 Å². The number of piperidine rings is 1. The van der Waals surface area contributed by atoms with Crippen LogP contribution in [0.15, 0.2) is 24.3 Å². The molecule has 1 fully saturated rings. The normalized spacial score (nSPS) is 19.1. The molecule has 0 saturated carbocycles. The molecule has 1 unspecified atom stereocenters. The fraction of sp³-hybridized carbons (Fsp3) is 0.562. The zero-order valence-electron chi connectivity index (χ0n) is 11.7. The molecule has 1 atom stereocenters. The van der Waals surface area contributed by atoms with Crippen molar-refractivity contribution in [3.63, 3.8) is 0 Å². The fourth-order valence-electron chi connectivity index (χ4n) is 2.57. The molecule has 2 N–H and O–H groups in total. The number of amides is 1. The number of anilines is 1. The number of hydrogen-bond donors (Lipinski definition) is 2. The van der Waals surface area contributed by atoms with Crippen LogP contribution in [-0.4, -0.2) is 18.5 Å². The van der Waals surface area contributed by atoms with Gasteiger partial charge in [0.25, 0.3) is 0 Å². The zero-order chi connectivity index (χ0) is 13.5. The quantitative estimate of drug-likeness (QED) is 0.854. The lowest BCUT2D eigenvalue weighted by Crippen LogP contribution is -2.34. The molecule has 1 aromatic rings. The van der Waals surface area contributed by atoms with Gasteiger partial charge in [-0.2, -0.15) is 0 Å². The van der Waals surface area contributed by atoms with Crippen molar-refractivity contribution in [1.29, 1.82) is 0 Å². The number of nitrogens with one attached hydrogen (secondary N) is 2. The van der Waals surface area contributed by atoms with Crippen molar-refractivity contribution in [3.05, 3.63) is 29.8 Å². The lowest BCUT2D eigenvalue weighted by molar-refractivity contribution is -0.116. The van der Waals surface area contributed by atoms with Gasteiger partial charge in [0, 0.05) is 18.2 Å². The van der Waals surface area contributed by atoms with Gasteiger partial charge < -0.3 is 10.6 Å². The fourth-order valence-corrected chi connectivity index (χ4v) is 2.57. The van der Waals surface area contributed by atoms with Crippen LogP contribution < -0.4 is 10.6 Å². The Morgan fingerprint density at radius 3 is 3.05 bits per heavy atom. The molecule has 3 nitrogen and oxygen atoms in total. The van der Waals surface area contributed by atoms with Crippen molar-refractivity contribution in [2.45, 2.75) is 51.5 Å². The van der Waals surface area contributed by atoms with E-state index in [0.29, 0.717) is 12.5 Å². The third-order valence-electron chi connectivity index (χ3n) is 3.75. The van der Waals surface area contributed by atoms with Gasteiger partial charge in [0.15, 0.2) is 0 Å². The first-order valence-corrected chi connectivity index (χ1v) is 7.40. The zero-order valence-corrected chi connectivity index (χ0v) is 11.7. The van der Waals surface area contributed by atoms with E-state index < -0.39 is 0 Å². The predicted octanol–water partition coefficient (Wildman–Crippen LogP) is 3.11. The summed E-state index contributed by atoms with van der Waals surface area (Å²) in [5.41, 5.74) is 2.17. The molecular formula is C16H24N2O. The van der Waals surface area contributed by atoms with E-state index >= 15 is 0 Å². The Morgan fingerprint density at radius 2 is 2.32 bits per heavy atom. The molecule has 0 aliphatic carbocycles. The van der Waals surface area contributed by atoms with Crippen molar-refractivity contribution in [2.24, 2.45) is 0 Å². The highest BCUT2D eigenvalue weighted by atomic mass is 16.1. The van der Waals surface area contributed by atoms with Crippen LogP contribution in [0.3, 0.4) is 0 Å². The van der Waals surface area contributed by atoms with Crippen LogP contribution in [0.5, 0.6) is 0 Å². The van der Waals surface area contributed by atoms with Crippen LogP contribution in [0.25, 0.3) is 0 Å². The van der Waals surface area contributed by atoms with Gasteiger partial charge in [0.1, 0.15) is 0 Å². The third kappa shape index (κ3) is 4.67. The highest BCUT2D eigenvalue weighted by molar-refractivity contribution is 5.90. The van der Waals surface area contributed by atoms with E-state index in [9.17, 15) is 4.79 Å². The van der Waals surface area contributed by atoms with E-state index in [-0.39, 0.29) is 5.91 Å². The lowest BCUT2D eigenvalue weighted by Gasteiger charge is -2.23. The van der Waals surface area contributed by atoms with Gasteiger partial charge >= 0.3 is 0 Å². The number of carbonyl (C=O) groups excluding carboxylic acids is 1. The van der Waals surface area contributed by atoms with Crippen molar-refractivity contribution in [2.75, 3.05) is 11.9 Å². The van der Waals surface area contributed by atoms with Crippen LogP contribution in [0.2, 0.25) is 0 Å². The maximum absolute atomic E-state index is 11.9. The number of rotatable bonds is 5. The van der Waals surface area contributed by atoms with Gasteiger partial charge in [-0.25, -0.2) is 0 Å². The summed E-state index contributed by atoms with van der Waals surface area (Å²) < 4.78 is 0. The van der Waals surface area contributed by atoms with Gasteiger partial charge in [-0.05, 0) is 49.9 Å². The average Bonchev–Trinajstić information content (AvgIpc) is 2.46. The summed E-state index contributed by atoms with van der Waals surface area (Å²) in [6.45, 7) is 3.22. The Labute approximate surface area is 115 Å². The summed E-state index contributed by atoms with van der Waals surface area (Å²) >= 11 is 0. The maximum atomic E-state index is 11.9. The van der Waals surface area contributed by atoms with Crippen LogP contribution >= 0.6 is 0 Å². The molecule has 2 rings (SSSR count). The Bertz CT molecular complexity index is 411. The average molecular weight is 260 g/mol. The van der Waals surface area contributed by atoms with Crippen LogP contribution in [0.4, 0.5) is 5.69 Å². The van der Waals surface area contributed by atoms with E-state index in [1.54, 1.807) is 0 Å². The van der Waals surface area contributed by atoms with Gasteiger partial charge in [-0.15, -0.1) is 0 Å². The van der Waals surface area contributed by atoms with Gasteiger partial charge in [-0.1, -0.05) is 25.5 Å². The Kier molecular flexibility index (Phi) is 5.40. The largest absolute Gasteiger partial charge is 0.326 e. The molecule has 1 aliphatic heterocycles. The molecule has 1 heterocycles. The van der Waals surface area contributed by atoms with Gasteiger partial charge in [-0.3, -0.25) is 4.79 Å². The molecule has 104 valence electrons. The topological polar surface area (TPSA) is 41.1 Å². The van der Waals surface area contributed by atoms with E-state index in [2.05, 4.69) is 29.7 Å². The van der Waals surface area contributed by atoms with E-state index in [1.165, 1.54) is 24.8 Å². The summed E-state index contributed by atoms with van der Waals surface area (Å²) in [5, 5.41) is 6.47. The maximum Gasteiger partial charge on any atom is 0.224 e. The van der Waals surface area contributed by atoms with Gasteiger partial charge in [0.05, 0.1) is 0 Å². The van der Waals surface area contributed by atoms with E-state index in [4.69, 9.17) is 0 Å². The lowest BCUT2D eigenvalue weighted by atomic mass is 10.0. The SMILES string of the molecule is CCc1cccc(NC(=O)CCC2CCCCN2)c1. The summed E-state index contributed by atoms with van der Waals surface area (Å²) in [5.74, 6) is 0.126. The molecule has 19 heavy (non-hydrogen) atoms. The Morgan fingerprint density at radius 1 is 1.42 bits per heavy atom. The first-order valence-electron chi connectivity index (χ1n) is 7.40. The van der Waals surface area contributed by atoms with Crippen molar-refractivity contribution < 1.29 is 4.79 Å². The third-order valence-corrected chi connectivity index (χ3v) is 3.75. The van der Waals surface area contributed by atoms with Crippen molar-refractivity contribution in [1.82, 2.24) is 5.32 Å². The molecule has 1 aliphatic rings. The molecule has 1 saturated heterocycles. The standard InChI is InChI=1S/C16H24N2O/c1-2-13-6-5-8-15(12-13)18-16(19)10-9-14-7-3-4-11-17-14/h5-6,8,12,14,17H,2-4,7,9-11H2,1H3,(H,18,19). The second-order valence-corrected chi connectivity index (χ2v) is 5.29. The van der Waals surface area contributed by atoms with E-state index in [0.717, 1.165) is 25.1 Å². The van der Waals surface area contributed by atoms with Crippen LogP contribution in [0, 0.1) is 0 Å². The van der Waals surface area contributed by atoms with Crippen LogP contribution in [-0.2, 0) is 11.2 Å². The highest BCUT2D eigenvalue weighted by Gasteiger charge is 2.13. The molecule has 3 heteroatoms. The van der Waals surface area contributed by atoms with Crippen molar-refractivity contribution in [3.8, 4) is 0 Å². The number of benzene rings is 1. The summed E-state index contributed by atoms with van der Waals surface area (Å²) in [6.07, 6.45) is 6.31. The predicted molar refractivity (Wildman–Crippen MR) is 79.3 cm³/mol. The number of carbonyl (C=O) groups is 1. The number of hydrogen-bond acceptors (Lipinski definition) is 2. The molecule has 0 aromatic heterocycles. The molecule has 0 radical (unpaired) electrons. The minimum Gasteiger partial charge on any atom is -0.326 e. The summed E-state index contributed by atoms with van der Waals surface area (Å²) in [4.78, 5) is 11.9. The molecule has 1 amide bonds. The monoisotopic (exact) mass is 260 g/mol. The highest BCUT2D eigenvalue weighted by Crippen LogP contribution is 2.14. The minimum atomic E-state index is 0.126. The molecular weight excluding hydrogens is 236 g/mol. The van der Waals surface area contributed by atoms with Crippen molar-refractivity contribution >= 4 is 11.6 Å². The second kappa shape index (κ2) is 7.29. The Balaban J connectivity index is 1.76. The second-order valence-electron chi connectivity index (χ2n) is 5.29. The minimum absolute atomic E-state index is 0.126. The first kappa shape index (κ1) is 14.1. The molecule has 1 aromatic carbocycles. The smallest absolute Gasteiger partial charge is 0.224 e. The Hall–Kier alpha value is -1.35. The first-order chi connectivity index (χ1) is 9.28. The molecule has 0 spiro atoms. The summed E-state index contributed by atoms with van der Waals surface area (Å²) in [7, 11) is 0.